The normalized spacial score (nSPS) is 17.2. The molecule has 0 aliphatic carbocycles. The molecule has 1 fully saturated rings. The second-order valence-corrected chi connectivity index (χ2v) is 4.47. The number of rotatable bonds is 3. The first-order valence-electron chi connectivity index (χ1n) is 5.95. The molecular formula is C13H17FN2O. The van der Waals surface area contributed by atoms with Crippen LogP contribution in [-0.2, 0) is 11.2 Å². The highest BCUT2D eigenvalue weighted by Gasteiger charge is 2.23. The molecule has 2 N–H and O–H groups in total. The van der Waals surface area contributed by atoms with E-state index in [0.29, 0.717) is 6.42 Å². The molecule has 1 aromatic carbocycles. The molecule has 3 nitrogen and oxygen atoms in total. The number of benzene rings is 1. The van der Waals surface area contributed by atoms with Gasteiger partial charge in [0, 0.05) is 13.1 Å². The van der Waals surface area contributed by atoms with E-state index in [2.05, 4.69) is 0 Å². The van der Waals surface area contributed by atoms with E-state index < -0.39 is 6.04 Å². The Kier molecular flexibility index (Phi) is 3.74. The number of likely N-dealkylation sites (tertiary alicyclic amines) is 1. The van der Waals surface area contributed by atoms with Gasteiger partial charge in [0.15, 0.2) is 0 Å². The minimum absolute atomic E-state index is 0.00632. The molecule has 17 heavy (non-hydrogen) atoms. The van der Waals surface area contributed by atoms with Crippen LogP contribution in [0, 0.1) is 5.82 Å². The molecule has 1 heterocycles. The Balaban J connectivity index is 1.93. The summed E-state index contributed by atoms with van der Waals surface area (Å²) in [6.07, 6.45) is 2.60. The van der Waals surface area contributed by atoms with Gasteiger partial charge in [-0.25, -0.2) is 4.39 Å². The molecule has 1 saturated heterocycles. The SMILES string of the molecule is NC(Cc1ccc(F)cc1)C(=O)N1CCCC1. The van der Waals surface area contributed by atoms with Crippen molar-refractivity contribution in [2.45, 2.75) is 25.3 Å². The molecule has 0 radical (unpaired) electrons. The predicted molar refractivity (Wildman–Crippen MR) is 63.9 cm³/mol. The number of nitrogens with zero attached hydrogens (tertiary/aromatic N) is 1. The molecule has 92 valence electrons. The van der Waals surface area contributed by atoms with Gasteiger partial charge in [-0.3, -0.25) is 4.79 Å². The maximum Gasteiger partial charge on any atom is 0.239 e. The second kappa shape index (κ2) is 5.27. The van der Waals surface area contributed by atoms with Crippen LogP contribution in [0.1, 0.15) is 18.4 Å². The summed E-state index contributed by atoms with van der Waals surface area (Å²) in [6.45, 7) is 1.63. The standard InChI is InChI=1S/C13H17FN2O/c14-11-5-3-10(4-6-11)9-12(15)13(17)16-7-1-2-8-16/h3-6,12H,1-2,7-9,15H2. The van der Waals surface area contributed by atoms with E-state index in [0.717, 1.165) is 31.5 Å². The summed E-state index contributed by atoms with van der Waals surface area (Å²) in [7, 11) is 0. The van der Waals surface area contributed by atoms with Crippen LogP contribution in [0.4, 0.5) is 4.39 Å². The zero-order valence-electron chi connectivity index (χ0n) is 9.73. The van der Waals surface area contributed by atoms with Gasteiger partial charge < -0.3 is 10.6 Å². The lowest BCUT2D eigenvalue weighted by Gasteiger charge is -2.20. The number of nitrogens with two attached hydrogens (primary N) is 1. The highest BCUT2D eigenvalue weighted by Crippen LogP contribution is 2.11. The van der Waals surface area contributed by atoms with Crippen molar-refractivity contribution in [2.24, 2.45) is 5.73 Å². The van der Waals surface area contributed by atoms with Gasteiger partial charge in [0.25, 0.3) is 0 Å². The van der Waals surface area contributed by atoms with E-state index in [1.54, 1.807) is 12.1 Å². The molecule has 1 aromatic rings. The van der Waals surface area contributed by atoms with E-state index >= 15 is 0 Å². The summed E-state index contributed by atoms with van der Waals surface area (Å²) in [5, 5.41) is 0. The van der Waals surface area contributed by atoms with Crippen LogP contribution in [0.3, 0.4) is 0 Å². The fourth-order valence-electron chi connectivity index (χ4n) is 2.13. The quantitative estimate of drug-likeness (QED) is 0.860. The largest absolute Gasteiger partial charge is 0.341 e. The smallest absolute Gasteiger partial charge is 0.239 e. The predicted octanol–water partition coefficient (Wildman–Crippen LogP) is 1.32. The highest BCUT2D eigenvalue weighted by molar-refractivity contribution is 5.82. The van der Waals surface area contributed by atoms with Crippen LogP contribution in [0.25, 0.3) is 0 Å². The average molecular weight is 236 g/mol. The lowest BCUT2D eigenvalue weighted by atomic mass is 10.1. The Labute approximate surface area is 100 Å². The molecule has 1 unspecified atom stereocenters. The number of hydrogen-bond donors (Lipinski definition) is 1. The third kappa shape index (κ3) is 3.03. The van der Waals surface area contributed by atoms with Crippen LogP contribution in [0.5, 0.6) is 0 Å². The Bertz CT molecular complexity index is 385. The van der Waals surface area contributed by atoms with Crippen molar-refractivity contribution in [1.82, 2.24) is 4.90 Å². The van der Waals surface area contributed by atoms with Crippen molar-refractivity contribution < 1.29 is 9.18 Å². The monoisotopic (exact) mass is 236 g/mol. The Morgan fingerprint density at radius 1 is 1.29 bits per heavy atom. The van der Waals surface area contributed by atoms with Crippen LogP contribution in [0.2, 0.25) is 0 Å². The zero-order chi connectivity index (χ0) is 12.3. The topological polar surface area (TPSA) is 46.3 Å². The van der Waals surface area contributed by atoms with E-state index in [-0.39, 0.29) is 11.7 Å². The third-order valence-corrected chi connectivity index (χ3v) is 3.10. The molecule has 0 spiro atoms. The van der Waals surface area contributed by atoms with Gasteiger partial charge in [-0.2, -0.15) is 0 Å². The number of carbonyl (C=O) groups is 1. The van der Waals surface area contributed by atoms with Gasteiger partial charge >= 0.3 is 0 Å². The molecule has 0 aromatic heterocycles. The number of amides is 1. The van der Waals surface area contributed by atoms with Crippen molar-refractivity contribution in [3.63, 3.8) is 0 Å². The Morgan fingerprint density at radius 2 is 1.88 bits per heavy atom. The summed E-state index contributed by atoms with van der Waals surface area (Å²) >= 11 is 0. The number of halogens is 1. The molecule has 4 heteroatoms. The third-order valence-electron chi connectivity index (χ3n) is 3.10. The van der Waals surface area contributed by atoms with Crippen LogP contribution >= 0.6 is 0 Å². The molecule has 2 rings (SSSR count). The van der Waals surface area contributed by atoms with Crippen LogP contribution in [0.15, 0.2) is 24.3 Å². The second-order valence-electron chi connectivity index (χ2n) is 4.47. The lowest BCUT2D eigenvalue weighted by molar-refractivity contribution is -0.131. The summed E-state index contributed by atoms with van der Waals surface area (Å²) in [5.41, 5.74) is 6.78. The minimum atomic E-state index is -0.515. The average Bonchev–Trinajstić information content (AvgIpc) is 2.84. The molecule has 1 aliphatic rings. The van der Waals surface area contributed by atoms with Crippen molar-refractivity contribution in [3.8, 4) is 0 Å². The van der Waals surface area contributed by atoms with Crippen molar-refractivity contribution in [2.75, 3.05) is 13.1 Å². The molecule has 1 aliphatic heterocycles. The molecular weight excluding hydrogens is 219 g/mol. The zero-order valence-corrected chi connectivity index (χ0v) is 9.73. The first kappa shape index (κ1) is 12.0. The molecule has 1 atom stereocenters. The van der Waals surface area contributed by atoms with Gasteiger partial charge in [-0.15, -0.1) is 0 Å². The van der Waals surface area contributed by atoms with Gasteiger partial charge in [0.05, 0.1) is 6.04 Å². The fourth-order valence-corrected chi connectivity index (χ4v) is 2.13. The lowest BCUT2D eigenvalue weighted by Crippen LogP contribution is -2.43. The molecule has 0 bridgehead atoms. The van der Waals surface area contributed by atoms with Crippen LogP contribution in [-0.4, -0.2) is 29.9 Å². The summed E-state index contributed by atoms with van der Waals surface area (Å²) < 4.78 is 12.7. The maximum absolute atomic E-state index is 12.7. The van der Waals surface area contributed by atoms with Gasteiger partial charge in [-0.05, 0) is 37.0 Å². The molecule has 1 amide bonds. The Hall–Kier alpha value is -1.42. The summed E-state index contributed by atoms with van der Waals surface area (Å²) in [4.78, 5) is 13.8. The van der Waals surface area contributed by atoms with Crippen molar-refractivity contribution in [1.29, 1.82) is 0 Å². The highest BCUT2D eigenvalue weighted by atomic mass is 19.1. The Morgan fingerprint density at radius 3 is 2.47 bits per heavy atom. The molecule has 0 saturated carbocycles. The number of carbonyl (C=O) groups excluding carboxylic acids is 1. The van der Waals surface area contributed by atoms with E-state index in [1.165, 1.54) is 12.1 Å². The first-order valence-corrected chi connectivity index (χ1v) is 5.95. The van der Waals surface area contributed by atoms with Gasteiger partial charge in [-0.1, -0.05) is 12.1 Å². The van der Waals surface area contributed by atoms with E-state index in [4.69, 9.17) is 5.73 Å². The maximum atomic E-state index is 12.7. The van der Waals surface area contributed by atoms with Crippen LogP contribution < -0.4 is 5.73 Å². The van der Waals surface area contributed by atoms with Crippen molar-refractivity contribution in [3.05, 3.63) is 35.6 Å². The van der Waals surface area contributed by atoms with Gasteiger partial charge in [0.2, 0.25) is 5.91 Å². The van der Waals surface area contributed by atoms with Gasteiger partial charge in [0.1, 0.15) is 5.82 Å². The van der Waals surface area contributed by atoms with E-state index in [9.17, 15) is 9.18 Å². The first-order chi connectivity index (χ1) is 8.16. The van der Waals surface area contributed by atoms with E-state index in [1.807, 2.05) is 4.90 Å². The summed E-state index contributed by atoms with van der Waals surface area (Å²) in [5.74, 6) is -0.264. The fraction of sp³-hybridized carbons (Fsp3) is 0.462. The minimum Gasteiger partial charge on any atom is -0.341 e. The summed E-state index contributed by atoms with van der Waals surface area (Å²) in [6, 6.07) is 5.61. The number of hydrogen-bond acceptors (Lipinski definition) is 2. The van der Waals surface area contributed by atoms with Crippen molar-refractivity contribution >= 4 is 5.91 Å².